The van der Waals surface area contributed by atoms with Crippen molar-refractivity contribution >= 4 is 35.8 Å². The minimum atomic E-state index is -0.369. The van der Waals surface area contributed by atoms with Crippen LogP contribution in [0.4, 0.5) is 4.39 Å². The van der Waals surface area contributed by atoms with E-state index in [4.69, 9.17) is 4.52 Å². The highest BCUT2D eigenvalue weighted by Gasteiger charge is 2.28. The molecule has 5 nitrogen and oxygen atoms in total. The minimum absolute atomic E-state index is 0. The van der Waals surface area contributed by atoms with E-state index >= 15 is 0 Å². The van der Waals surface area contributed by atoms with Crippen molar-refractivity contribution in [3.63, 3.8) is 0 Å². The molecule has 3 heterocycles. The van der Waals surface area contributed by atoms with Crippen LogP contribution in [-0.4, -0.2) is 52.3 Å². The summed E-state index contributed by atoms with van der Waals surface area (Å²) in [7, 11) is 0. The van der Waals surface area contributed by atoms with Gasteiger partial charge in [-0.05, 0) is 49.2 Å². The van der Waals surface area contributed by atoms with Crippen LogP contribution < -0.4 is 0 Å². The zero-order chi connectivity index (χ0) is 19.8. The van der Waals surface area contributed by atoms with Gasteiger partial charge in [-0.1, -0.05) is 35.5 Å². The van der Waals surface area contributed by atoms with Gasteiger partial charge in [-0.25, -0.2) is 4.39 Å². The first-order valence-electron chi connectivity index (χ1n) is 10.4. The molecular weight excluding hydrogens is 440 g/mol. The third-order valence-corrected chi connectivity index (χ3v) is 6.29. The summed E-state index contributed by atoms with van der Waals surface area (Å²) in [6, 6.07) is 13.4. The largest absolute Gasteiger partial charge is 0.390 e. The van der Waals surface area contributed by atoms with E-state index in [0.717, 1.165) is 44.7 Å². The smallest absolute Gasteiger partial charge is 0.170 e. The lowest BCUT2D eigenvalue weighted by molar-refractivity contribution is 0.0634. The zero-order valence-electron chi connectivity index (χ0n) is 17.2. The third kappa shape index (κ3) is 5.04. The quantitative estimate of drug-likeness (QED) is 0.603. The number of aromatic nitrogens is 1. The first-order chi connectivity index (χ1) is 14.2. The molecule has 1 unspecified atom stereocenters. The molecule has 1 saturated heterocycles. The van der Waals surface area contributed by atoms with Crippen molar-refractivity contribution in [3.05, 3.63) is 65.1 Å². The molecule has 2 aliphatic heterocycles. The maximum absolute atomic E-state index is 14.2. The van der Waals surface area contributed by atoms with Crippen LogP contribution in [-0.2, 0) is 13.1 Å². The lowest BCUT2D eigenvalue weighted by Crippen LogP contribution is -2.42. The van der Waals surface area contributed by atoms with E-state index in [9.17, 15) is 9.50 Å². The number of nitrogens with zero attached hydrogens (tertiary/aromatic N) is 3. The van der Waals surface area contributed by atoms with Gasteiger partial charge in [-0.2, -0.15) is 0 Å². The van der Waals surface area contributed by atoms with Gasteiger partial charge in [0.2, 0.25) is 0 Å². The Morgan fingerprint density at radius 3 is 2.29 bits per heavy atom. The standard InChI is InChI=1S/C23H26FN3O2.2ClH/c24-20-6-3-7-21-22(20)23(25-29-21)16-8-10-26(11-9-16)14-19(28)15-27-12-17-4-1-2-5-18(17)13-27;;/h1-7,16,19,28H,8-15H2;2*1H. The average Bonchev–Trinajstić information content (AvgIpc) is 3.33. The SMILES string of the molecule is Cl.Cl.OC(CN1CCC(c2noc3cccc(F)c23)CC1)CN1Cc2ccccc2C1. The maximum atomic E-state index is 14.2. The highest BCUT2D eigenvalue weighted by atomic mass is 35.5. The maximum Gasteiger partial charge on any atom is 0.170 e. The predicted octanol–water partition coefficient (Wildman–Crippen LogP) is 4.37. The van der Waals surface area contributed by atoms with Gasteiger partial charge in [0.15, 0.2) is 5.58 Å². The number of halogens is 3. The molecule has 168 valence electrons. The molecular formula is C23H28Cl2FN3O2. The molecule has 0 aliphatic carbocycles. The lowest BCUT2D eigenvalue weighted by atomic mass is 9.91. The molecule has 31 heavy (non-hydrogen) atoms. The van der Waals surface area contributed by atoms with E-state index in [1.807, 2.05) is 0 Å². The van der Waals surface area contributed by atoms with Crippen molar-refractivity contribution in [2.24, 2.45) is 0 Å². The fourth-order valence-corrected chi connectivity index (χ4v) is 4.83. The monoisotopic (exact) mass is 467 g/mol. The molecule has 1 fully saturated rings. The van der Waals surface area contributed by atoms with Crippen LogP contribution >= 0.6 is 24.8 Å². The first kappa shape index (κ1) is 24.0. The second kappa shape index (κ2) is 10.3. The molecule has 3 aromatic rings. The number of hydrogen-bond donors (Lipinski definition) is 1. The van der Waals surface area contributed by atoms with E-state index in [1.54, 1.807) is 12.1 Å². The topological polar surface area (TPSA) is 52.7 Å². The number of benzene rings is 2. The van der Waals surface area contributed by atoms with E-state index in [0.29, 0.717) is 24.1 Å². The van der Waals surface area contributed by atoms with Gasteiger partial charge in [-0.15, -0.1) is 24.8 Å². The van der Waals surface area contributed by atoms with E-state index in [1.165, 1.54) is 17.2 Å². The number of fused-ring (bicyclic) bond motifs is 2. The number of hydrogen-bond acceptors (Lipinski definition) is 5. The summed E-state index contributed by atoms with van der Waals surface area (Å²) in [4.78, 5) is 4.62. The predicted molar refractivity (Wildman–Crippen MR) is 123 cm³/mol. The van der Waals surface area contributed by atoms with Crippen LogP contribution in [0.5, 0.6) is 0 Å². The van der Waals surface area contributed by atoms with Gasteiger partial charge in [0.1, 0.15) is 5.82 Å². The average molecular weight is 468 g/mol. The van der Waals surface area contributed by atoms with Crippen molar-refractivity contribution in [2.75, 3.05) is 26.2 Å². The molecule has 1 N–H and O–H groups in total. The van der Waals surface area contributed by atoms with Gasteiger partial charge in [0, 0.05) is 32.1 Å². The Balaban J connectivity index is 0.00000136. The highest BCUT2D eigenvalue weighted by Crippen LogP contribution is 2.33. The number of piperidine rings is 1. The Morgan fingerprint density at radius 2 is 1.61 bits per heavy atom. The molecule has 0 bridgehead atoms. The summed E-state index contributed by atoms with van der Waals surface area (Å²) in [5, 5.41) is 15.3. The van der Waals surface area contributed by atoms with Crippen LogP contribution in [0.1, 0.15) is 35.6 Å². The normalized spacial score (nSPS) is 18.4. The van der Waals surface area contributed by atoms with E-state index in [2.05, 4.69) is 39.2 Å². The summed E-state index contributed by atoms with van der Waals surface area (Å²) >= 11 is 0. The van der Waals surface area contributed by atoms with Crippen LogP contribution in [0.25, 0.3) is 11.0 Å². The number of rotatable bonds is 5. The fraction of sp³-hybridized carbons (Fsp3) is 0.435. The van der Waals surface area contributed by atoms with Crippen LogP contribution in [0.3, 0.4) is 0 Å². The molecule has 8 heteroatoms. The molecule has 2 aromatic carbocycles. The molecule has 0 radical (unpaired) electrons. The fourth-order valence-electron chi connectivity index (χ4n) is 4.83. The molecule has 1 atom stereocenters. The second-order valence-corrected chi connectivity index (χ2v) is 8.35. The summed E-state index contributed by atoms with van der Waals surface area (Å²) < 4.78 is 19.6. The van der Waals surface area contributed by atoms with Gasteiger partial charge in [0.05, 0.1) is 17.2 Å². The zero-order valence-corrected chi connectivity index (χ0v) is 18.9. The molecule has 0 spiro atoms. The van der Waals surface area contributed by atoms with Crippen LogP contribution in [0.15, 0.2) is 47.0 Å². The van der Waals surface area contributed by atoms with Gasteiger partial charge in [-0.3, -0.25) is 4.90 Å². The van der Waals surface area contributed by atoms with Crippen LogP contribution in [0, 0.1) is 5.82 Å². The number of likely N-dealkylation sites (tertiary alicyclic amines) is 1. The number of aliphatic hydroxyl groups excluding tert-OH is 1. The Morgan fingerprint density at radius 1 is 0.968 bits per heavy atom. The third-order valence-electron chi connectivity index (χ3n) is 6.29. The van der Waals surface area contributed by atoms with Crippen molar-refractivity contribution in [1.29, 1.82) is 0 Å². The number of β-amino-alcohol motifs (C(OH)–C–C–N with tert-alkyl or cyclic N) is 1. The minimum Gasteiger partial charge on any atom is -0.390 e. The van der Waals surface area contributed by atoms with Gasteiger partial charge in [0.25, 0.3) is 0 Å². The van der Waals surface area contributed by atoms with Crippen LogP contribution in [0.2, 0.25) is 0 Å². The summed E-state index contributed by atoms with van der Waals surface area (Å²) in [6.45, 7) is 4.96. The van der Waals surface area contributed by atoms with E-state index in [-0.39, 0.29) is 42.7 Å². The summed E-state index contributed by atoms with van der Waals surface area (Å²) in [5.41, 5.74) is 4.00. The molecule has 0 amide bonds. The van der Waals surface area contributed by atoms with E-state index < -0.39 is 0 Å². The Kier molecular flexibility index (Phi) is 7.94. The molecule has 1 aromatic heterocycles. The lowest BCUT2D eigenvalue weighted by Gasteiger charge is -2.33. The molecule has 0 saturated carbocycles. The van der Waals surface area contributed by atoms with Gasteiger partial charge < -0.3 is 14.5 Å². The van der Waals surface area contributed by atoms with Crippen molar-refractivity contribution in [3.8, 4) is 0 Å². The molecule has 2 aliphatic rings. The Bertz CT molecular complexity index is 982. The Hall–Kier alpha value is -1.70. The summed E-state index contributed by atoms with van der Waals surface area (Å²) in [5.74, 6) is -0.0576. The molecule has 5 rings (SSSR count). The van der Waals surface area contributed by atoms with Crippen molar-refractivity contribution in [1.82, 2.24) is 15.0 Å². The van der Waals surface area contributed by atoms with Gasteiger partial charge >= 0.3 is 0 Å². The van der Waals surface area contributed by atoms with Crippen molar-refractivity contribution in [2.45, 2.75) is 38.0 Å². The second-order valence-electron chi connectivity index (χ2n) is 8.35. The number of aliphatic hydroxyl groups is 1. The highest BCUT2D eigenvalue weighted by molar-refractivity contribution is 5.85. The summed E-state index contributed by atoms with van der Waals surface area (Å²) in [6.07, 6.45) is 1.43. The van der Waals surface area contributed by atoms with Crippen molar-refractivity contribution < 1.29 is 14.0 Å². The first-order valence-corrected chi connectivity index (χ1v) is 10.4. The Labute approximate surface area is 194 Å².